The molecule has 1 fully saturated rings. The van der Waals surface area contributed by atoms with Gasteiger partial charge in [0.05, 0.1) is 12.2 Å². The van der Waals surface area contributed by atoms with Gasteiger partial charge in [0.2, 0.25) is 0 Å². The molecule has 1 atom stereocenters. The topological polar surface area (TPSA) is 68.1 Å². The van der Waals surface area contributed by atoms with Crippen LogP contribution in [-0.2, 0) is 16.4 Å². The molecule has 2 aromatic heterocycles. The zero-order valence-electron chi connectivity index (χ0n) is 14.4. The van der Waals surface area contributed by atoms with E-state index in [0.29, 0.717) is 17.3 Å². The Kier molecular flexibility index (Phi) is 4.64. The van der Waals surface area contributed by atoms with Gasteiger partial charge in [-0.15, -0.1) is 16.4 Å². The number of sulfonamides is 1. The third kappa shape index (κ3) is 3.20. The molecule has 4 rings (SSSR count). The second-order valence-electron chi connectivity index (χ2n) is 6.33. The van der Waals surface area contributed by atoms with Gasteiger partial charge in [0, 0.05) is 23.5 Å². The molecule has 0 unspecified atom stereocenters. The zero-order valence-corrected chi connectivity index (χ0v) is 16.1. The Balaban J connectivity index is 1.51. The molecule has 3 heterocycles. The van der Waals surface area contributed by atoms with E-state index in [2.05, 4.69) is 10.3 Å². The minimum absolute atomic E-state index is 0.0142. The molecule has 0 radical (unpaired) electrons. The second kappa shape index (κ2) is 6.94. The minimum atomic E-state index is -3.42. The van der Waals surface area contributed by atoms with Crippen LogP contribution in [0.3, 0.4) is 0 Å². The lowest BCUT2D eigenvalue weighted by atomic mass is 10.2. The lowest BCUT2D eigenvalue weighted by molar-refractivity contribution is 0.429. The van der Waals surface area contributed by atoms with Gasteiger partial charge in [0.25, 0.3) is 10.0 Å². The Bertz CT molecular complexity index is 995. The maximum Gasteiger partial charge on any atom is 0.252 e. The maximum absolute atomic E-state index is 12.9. The highest BCUT2D eigenvalue weighted by molar-refractivity contribution is 7.91. The molecule has 1 aromatic carbocycles. The number of rotatable bonds is 5. The van der Waals surface area contributed by atoms with Gasteiger partial charge in [0.1, 0.15) is 9.90 Å². The maximum atomic E-state index is 12.9. The lowest BCUT2D eigenvalue weighted by Gasteiger charge is -2.15. The van der Waals surface area contributed by atoms with Crippen LogP contribution in [0.1, 0.15) is 24.3 Å². The van der Waals surface area contributed by atoms with Crippen molar-refractivity contribution in [2.75, 3.05) is 13.1 Å². The van der Waals surface area contributed by atoms with Gasteiger partial charge in [0.15, 0.2) is 0 Å². The largest absolute Gasteiger partial charge is 0.252 e. The first-order valence-electron chi connectivity index (χ1n) is 8.64. The van der Waals surface area contributed by atoms with Crippen LogP contribution >= 0.6 is 11.3 Å². The van der Waals surface area contributed by atoms with Crippen molar-refractivity contribution in [3.8, 4) is 11.3 Å². The Morgan fingerprint density at radius 3 is 2.73 bits per heavy atom. The summed E-state index contributed by atoms with van der Waals surface area (Å²) in [4.78, 5) is 1.09. The average molecular weight is 389 g/mol. The summed E-state index contributed by atoms with van der Waals surface area (Å²) >= 11 is 1.36. The van der Waals surface area contributed by atoms with Gasteiger partial charge in [-0.3, -0.25) is 0 Å². The van der Waals surface area contributed by atoms with Gasteiger partial charge in [-0.25, -0.2) is 13.1 Å². The van der Waals surface area contributed by atoms with Crippen LogP contribution in [0.15, 0.2) is 52.9 Å². The number of benzene rings is 1. The predicted molar refractivity (Wildman–Crippen MR) is 102 cm³/mol. The SMILES string of the molecule is CCc1ccc(S(=O)(=O)N2CC[C@@H](n3cc(-c4ccccc4)nn3)C2)s1. The molecule has 136 valence electrons. The molecule has 0 bridgehead atoms. The van der Waals surface area contributed by atoms with Crippen molar-refractivity contribution in [1.29, 1.82) is 0 Å². The van der Waals surface area contributed by atoms with Crippen molar-refractivity contribution >= 4 is 21.4 Å². The number of nitrogens with zero attached hydrogens (tertiary/aromatic N) is 4. The van der Waals surface area contributed by atoms with Crippen LogP contribution in [0.5, 0.6) is 0 Å². The molecule has 26 heavy (non-hydrogen) atoms. The number of hydrogen-bond acceptors (Lipinski definition) is 5. The van der Waals surface area contributed by atoms with E-state index in [0.717, 1.165) is 29.0 Å². The molecular formula is C18H20N4O2S2. The summed E-state index contributed by atoms with van der Waals surface area (Å²) in [6.45, 7) is 2.97. The fourth-order valence-electron chi connectivity index (χ4n) is 3.16. The van der Waals surface area contributed by atoms with Crippen LogP contribution in [0.4, 0.5) is 0 Å². The van der Waals surface area contributed by atoms with E-state index < -0.39 is 10.0 Å². The van der Waals surface area contributed by atoms with E-state index >= 15 is 0 Å². The van der Waals surface area contributed by atoms with Gasteiger partial charge < -0.3 is 0 Å². The van der Waals surface area contributed by atoms with Crippen molar-refractivity contribution in [2.24, 2.45) is 0 Å². The molecule has 8 heteroatoms. The number of hydrogen-bond donors (Lipinski definition) is 0. The molecule has 0 aliphatic carbocycles. The van der Waals surface area contributed by atoms with E-state index in [1.807, 2.05) is 49.5 Å². The van der Waals surface area contributed by atoms with Crippen molar-refractivity contribution in [1.82, 2.24) is 19.3 Å². The number of aromatic nitrogens is 3. The smallest absolute Gasteiger partial charge is 0.247 e. The Morgan fingerprint density at radius 2 is 2.00 bits per heavy atom. The summed E-state index contributed by atoms with van der Waals surface area (Å²) in [5.74, 6) is 0. The molecule has 1 saturated heterocycles. The third-order valence-electron chi connectivity index (χ3n) is 4.66. The first-order valence-corrected chi connectivity index (χ1v) is 10.9. The van der Waals surface area contributed by atoms with Crippen LogP contribution in [0.25, 0.3) is 11.3 Å². The van der Waals surface area contributed by atoms with E-state index in [-0.39, 0.29) is 6.04 Å². The summed E-state index contributed by atoms with van der Waals surface area (Å²) in [6, 6.07) is 13.5. The van der Waals surface area contributed by atoms with E-state index in [4.69, 9.17) is 0 Å². The Morgan fingerprint density at radius 1 is 1.19 bits per heavy atom. The zero-order chi connectivity index (χ0) is 18.1. The second-order valence-corrected chi connectivity index (χ2v) is 9.66. The van der Waals surface area contributed by atoms with Gasteiger partial charge in [-0.2, -0.15) is 4.31 Å². The molecule has 6 nitrogen and oxygen atoms in total. The van der Waals surface area contributed by atoms with Gasteiger partial charge in [-0.1, -0.05) is 42.5 Å². The molecule has 0 spiro atoms. The van der Waals surface area contributed by atoms with Gasteiger partial charge >= 0.3 is 0 Å². The lowest BCUT2D eigenvalue weighted by Crippen LogP contribution is -2.28. The minimum Gasteiger partial charge on any atom is -0.247 e. The summed E-state index contributed by atoms with van der Waals surface area (Å²) in [5.41, 5.74) is 1.81. The van der Waals surface area contributed by atoms with E-state index in [1.165, 1.54) is 11.3 Å². The van der Waals surface area contributed by atoms with Crippen LogP contribution in [-0.4, -0.2) is 40.8 Å². The fourth-order valence-corrected chi connectivity index (χ4v) is 6.10. The van der Waals surface area contributed by atoms with E-state index in [9.17, 15) is 8.42 Å². The molecule has 3 aromatic rings. The standard InChI is InChI=1S/C18H20N4O2S2/c1-2-16-8-9-18(25-16)26(23,24)21-11-10-15(12-21)22-13-17(19-20-22)14-6-4-3-5-7-14/h3-9,13,15H,2,10-12H2,1H3/t15-/m1/s1. The highest BCUT2D eigenvalue weighted by atomic mass is 32.2. The highest BCUT2D eigenvalue weighted by Crippen LogP contribution is 2.31. The molecular weight excluding hydrogens is 368 g/mol. The van der Waals surface area contributed by atoms with Crippen LogP contribution in [0, 0.1) is 0 Å². The van der Waals surface area contributed by atoms with Crippen molar-refractivity contribution < 1.29 is 8.42 Å². The fraction of sp³-hybridized carbons (Fsp3) is 0.333. The third-order valence-corrected chi connectivity index (χ3v) is 8.22. The first kappa shape index (κ1) is 17.4. The van der Waals surface area contributed by atoms with Crippen molar-refractivity contribution in [3.05, 3.63) is 53.5 Å². The highest BCUT2D eigenvalue weighted by Gasteiger charge is 2.34. The molecule has 0 N–H and O–H groups in total. The average Bonchev–Trinajstić information content (AvgIpc) is 3.42. The molecule has 0 saturated carbocycles. The predicted octanol–water partition coefficient (Wildman–Crippen LogP) is 3.20. The van der Waals surface area contributed by atoms with Crippen molar-refractivity contribution in [2.45, 2.75) is 30.0 Å². The van der Waals surface area contributed by atoms with Crippen LogP contribution in [0.2, 0.25) is 0 Å². The summed E-state index contributed by atoms with van der Waals surface area (Å²) in [5, 5.41) is 8.47. The van der Waals surface area contributed by atoms with Crippen molar-refractivity contribution in [3.63, 3.8) is 0 Å². The quantitative estimate of drug-likeness (QED) is 0.673. The monoisotopic (exact) mass is 388 g/mol. The molecule has 0 amide bonds. The Labute approximate surface area is 157 Å². The molecule has 1 aliphatic heterocycles. The van der Waals surface area contributed by atoms with Crippen LogP contribution < -0.4 is 0 Å². The summed E-state index contributed by atoms with van der Waals surface area (Å²) in [7, 11) is -3.42. The molecule has 1 aliphatic rings. The number of aryl methyl sites for hydroxylation is 1. The number of thiophene rings is 1. The Hall–Kier alpha value is -2.03. The normalized spacial score (nSPS) is 18.4. The van der Waals surface area contributed by atoms with E-state index in [1.54, 1.807) is 15.1 Å². The summed E-state index contributed by atoms with van der Waals surface area (Å²) < 4.78 is 29.5. The van der Waals surface area contributed by atoms with Gasteiger partial charge in [-0.05, 0) is 25.0 Å². The first-order chi connectivity index (χ1) is 12.6. The summed E-state index contributed by atoms with van der Waals surface area (Å²) in [6.07, 6.45) is 3.49.